The van der Waals surface area contributed by atoms with Crippen LogP contribution >= 0.6 is 0 Å². The Kier molecular flexibility index (Phi) is 5.41. The maximum atomic E-state index is 9.99. The van der Waals surface area contributed by atoms with E-state index >= 15 is 0 Å². The first-order valence-corrected chi connectivity index (χ1v) is 4.20. The Labute approximate surface area is 72.7 Å². The van der Waals surface area contributed by atoms with Gasteiger partial charge in [-0.3, -0.25) is 0 Å². The summed E-state index contributed by atoms with van der Waals surface area (Å²) in [7, 11) is 0. The van der Waals surface area contributed by atoms with Crippen LogP contribution in [0.5, 0.6) is 0 Å². The molecule has 0 N–H and O–H groups in total. The largest absolute Gasteiger partial charge is 0.151 e. The van der Waals surface area contributed by atoms with Crippen LogP contribution in [-0.4, -0.2) is 13.1 Å². The Morgan fingerprint density at radius 3 is 2.25 bits per heavy atom. The van der Waals surface area contributed by atoms with E-state index in [1.807, 2.05) is 13.8 Å². The van der Waals surface area contributed by atoms with Gasteiger partial charge in [0, 0.05) is 0 Å². The molecule has 0 aromatic heterocycles. The monoisotopic (exact) mass is 172 g/mol. The van der Waals surface area contributed by atoms with Crippen LogP contribution in [0, 0.1) is 15.2 Å². The molecular weight excluding hydrogens is 156 g/mol. The highest BCUT2D eigenvalue weighted by Gasteiger charge is 2.17. The van der Waals surface area contributed by atoms with E-state index in [2.05, 4.69) is 10.4 Å². The molecule has 0 spiro atoms. The van der Waals surface area contributed by atoms with Crippen LogP contribution in [0.25, 0.3) is 0 Å². The van der Waals surface area contributed by atoms with Crippen LogP contribution in [0.2, 0.25) is 0 Å². The number of nitrogens with zero attached hydrogens (tertiary/aromatic N) is 2. The Morgan fingerprint density at radius 2 is 1.75 bits per heavy atom. The lowest BCUT2D eigenvalue weighted by molar-refractivity contribution is 0.334. The molecule has 0 saturated carbocycles. The second-order valence-electron chi connectivity index (χ2n) is 3.76. The van der Waals surface area contributed by atoms with E-state index in [-0.39, 0.29) is 5.41 Å². The predicted octanol–water partition coefficient (Wildman–Crippen LogP) is 2.72. The van der Waals surface area contributed by atoms with Gasteiger partial charge >= 0.3 is 0 Å². The molecule has 0 rings (SSSR count). The van der Waals surface area contributed by atoms with Gasteiger partial charge in [0.25, 0.3) is 0 Å². The third-order valence-corrected chi connectivity index (χ3v) is 1.85. The van der Waals surface area contributed by atoms with Gasteiger partial charge in [-0.25, -0.2) is 0 Å². The average Bonchev–Trinajstić information content (AvgIpc) is 1.98. The maximum absolute atomic E-state index is 9.99. The molecule has 0 aromatic rings. The molecular formula is C8H16N2O2. The highest BCUT2D eigenvalue weighted by molar-refractivity contribution is 4.70. The number of unbranched alkanes of at least 4 members (excludes halogenated alkanes) is 1. The molecule has 70 valence electrons. The summed E-state index contributed by atoms with van der Waals surface area (Å²) in [6, 6.07) is 0. The number of rotatable bonds is 7. The highest BCUT2D eigenvalue weighted by atomic mass is 16.3. The molecule has 12 heavy (non-hydrogen) atoms. The number of hydrogen-bond donors (Lipinski definition) is 0. The van der Waals surface area contributed by atoms with Crippen molar-refractivity contribution in [2.75, 3.05) is 13.1 Å². The third kappa shape index (κ3) is 5.95. The zero-order chi connectivity index (χ0) is 9.45. The van der Waals surface area contributed by atoms with Gasteiger partial charge in [0.1, 0.15) is 0 Å². The summed E-state index contributed by atoms with van der Waals surface area (Å²) in [4.78, 5) is 19.7. The standard InChI is InChI=1S/C8H16N2O2/c1-8(2,7-10-12)5-3-4-6-9-11/h3-7H2,1-2H3. The molecule has 0 aliphatic carbocycles. The fraction of sp³-hybridized carbons (Fsp3) is 1.00. The Hall–Kier alpha value is -0.800. The van der Waals surface area contributed by atoms with E-state index < -0.39 is 0 Å². The minimum Gasteiger partial charge on any atom is -0.151 e. The zero-order valence-electron chi connectivity index (χ0n) is 7.75. The molecule has 0 aliphatic rings. The molecule has 0 atom stereocenters. The van der Waals surface area contributed by atoms with E-state index in [0.29, 0.717) is 13.1 Å². The molecule has 4 heteroatoms. The van der Waals surface area contributed by atoms with Crippen molar-refractivity contribution < 1.29 is 0 Å². The van der Waals surface area contributed by atoms with Gasteiger partial charge < -0.3 is 0 Å². The smallest absolute Gasteiger partial charge is 0.0862 e. The summed E-state index contributed by atoms with van der Waals surface area (Å²) in [5, 5.41) is 5.64. The van der Waals surface area contributed by atoms with Crippen LogP contribution in [0.4, 0.5) is 0 Å². The fourth-order valence-electron chi connectivity index (χ4n) is 1.03. The maximum Gasteiger partial charge on any atom is 0.0862 e. The number of hydrogen-bond acceptors (Lipinski definition) is 4. The van der Waals surface area contributed by atoms with Gasteiger partial charge in [-0.2, -0.15) is 9.81 Å². The van der Waals surface area contributed by atoms with Crippen molar-refractivity contribution in [1.29, 1.82) is 0 Å². The van der Waals surface area contributed by atoms with E-state index in [4.69, 9.17) is 0 Å². The highest BCUT2D eigenvalue weighted by Crippen LogP contribution is 2.23. The van der Waals surface area contributed by atoms with E-state index in [9.17, 15) is 9.81 Å². The Bertz CT molecular complexity index is 146. The molecule has 0 fully saturated rings. The first-order chi connectivity index (χ1) is 5.62. The van der Waals surface area contributed by atoms with Gasteiger partial charge in [0.15, 0.2) is 0 Å². The molecule has 0 radical (unpaired) electrons. The van der Waals surface area contributed by atoms with Crippen molar-refractivity contribution in [1.82, 2.24) is 0 Å². The summed E-state index contributed by atoms with van der Waals surface area (Å²) in [6.45, 7) is 4.73. The predicted molar refractivity (Wildman–Crippen MR) is 49.0 cm³/mol. The van der Waals surface area contributed by atoms with Gasteiger partial charge in [0.05, 0.1) is 13.1 Å². The van der Waals surface area contributed by atoms with Crippen LogP contribution in [0.15, 0.2) is 10.4 Å². The fourth-order valence-corrected chi connectivity index (χ4v) is 1.03. The quantitative estimate of drug-likeness (QED) is 0.438. The lowest BCUT2D eigenvalue weighted by atomic mass is 9.87. The molecule has 0 aliphatic heterocycles. The lowest BCUT2D eigenvalue weighted by Crippen LogP contribution is -2.14. The zero-order valence-corrected chi connectivity index (χ0v) is 7.75. The van der Waals surface area contributed by atoms with Crippen molar-refractivity contribution in [3.05, 3.63) is 9.81 Å². The van der Waals surface area contributed by atoms with Gasteiger partial charge in [-0.15, -0.1) is 0 Å². The van der Waals surface area contributed by atoms with Gasteiger partial charge in [-0.1, -0.05) is 30.6 Å². The van der Waals surface area contributed by atoms with Crippen molar-refractivity contribution in [3.8, 4) is 0 Å². The van der Waals surface area contributed by atoms with Gasteiger partial charge in [0.2, 0.25) is 0 Å². The Balaban J connectivity index is 3.45. The molecule has 4 nitrogen and oxygen atoms in total. The van der Waals surface area contributed by atoms with Crippen molar-refractivity contribution in [3.63, 3.8) is 0 Å². The first kappa shape index (κ1) is 11.2. The minimum atomic E-state index is -0.0232. The third-order valence-electron chi connectivity index (χ3n) is 1.85. The topological polar surface area (TPSA) is 58.9 Å². The minimum absolute atomic E-state index is 0.0232. The summed E-state index contributed by atoms with van der Waals surface area (Å²) in [6.07, 6.45) is 2.67. The van der Waals surface area contributed by atoms with Crippen LogP contribution in [-0.2, 0) is 0 Å². The van der Waals surface area contributed by atoms with Crippen molar-refractivity contribution in [2.45, 2.75) is 33.1 Å². The Morgan fingerprint density at radius 1 is 1.08 bits per heavy atom. The lowest BCUT2D eigenvalue weighted by Gasteiger charge is -2.19. The molecule has 0 unspecified atom stereocenters. The van der Waals surface area contributed by atoms with Crippen LogP contribution in [0.3, 0.4) is 0 Å². The second-order valence-corrected chi connectivity index (χ2v) is 3.76. The first-order valence-electron chi connectivity index (χ1n) is 4.20. The molecule has 0 amide bonds. The molecule has 0 bridgehead atoms. The van der Waals surface area contributed by atoms with E-state index in [0.717, 1.165) is 19.3 Å². The van der Waals surface area contributed by atoms with Crippen molar-refractivity contribution in [2.24, 2.45) is 15.8 Å². The van der Waals surface area contributed by atoms with Gasteiger partial charge in [-0.05, 0) is 18.3 Å². The summed E-state index contributed by atoms with van der Waals surface area (Å²) >= 11 is 0. The molecule has 0 aromatic carbocycles. The summed E-state index contributed by atoms with van der Waals surface area (Å²) in [5.74, 6) is 0. The number of nitroso groups, excluding NO2 is 2. The van der Waals surface area contributed by atoms with E-state index in [1.54, 1.807) is 0 Å². The summed E-state index contributed by atoms with van der Waals surface area (Å²) < 4.78 is 0. The van der Waals surface area contributed by atoms with Crippen LogP contribution < -0.4 is 0 Å². The van der Waals surface area contributed by atoms with Crippen molar-refractivity contribution >= 4 is 0 Å². The average molecular weight is 172 g/mol. The SMILES string of the molecule is CC(C)(CCCCN=O)CN=O. The molecule has 0 heterocycles. The second kappa shape index (κ2) is 5.80. The van der Waals surface area contributed by atoms with Crippen LogP contribution in [0.1, 0.15) is 33.1 Å². The summed E-state index contributed by atoms with van der Waals surface area (Å²) in [5.41, 5.74) is -0.0232. The van der Waals surface area contributed by atoms with E-state index in [1.165, 1.54) is 0 Å². The molecule has 0 saturated heterocycles. The normalized spacial score (nSPS) is 11.2.